The number of fused-ring (bicyclic) bond motifs is 10. The summed E-state index contributed by atoms with van der Waals surface area (Å²) < 4.78 is 17.9. The van der Waals surface area contributed by atoms with Crippen LogP contribution >= 0.6 is 31.9 Å². The quantitative estimate of drug-likeness (QED) is 0.293. The monoisotopic (exact) mass is 703 g/mol. The second kappa shape index (κ2) is 14.1. The molecule has 4 bridgehead atoms. The molecule has 5 rings (SSSR count). The van der Waals surface area contributed by atoms with Crippen molar-refractivity contribution in [1.82, 2.24) is 10.6 Å². The summed E-state index contributed by atoms with van der Waals surface area (Å²) in [4.78, 5) is 39.4. The van der Waals surface area contributed by atoms with Crippen molar-refractivity contribution in [3.63, 3.8) is 0 Å². The summed E-state index contributed by atoms with van der Waals surface area (Å²) in [6.07, 6.45) is 0.162. The number of phenols is 1. The van der Waals surface area contributed by atoms with E-state index in [1.807, 2.05) is 30.3 Å². The van der Waals surface area contributed by atoms with E-state index in [9.17, 15) is 19.5 Å². The first-order chi connectivity index (χ1) is 20.0. The van der Waals surface area contributed by atoms with Crippen molar-refractivity contribution in [3.05, 3.63) is 85.8 Å². The van der Waals surface area contributed by atoms with Gasteiger partial charge in [-0.2, -0.15) is 0 Å². The van der Waals surface area contributed by atoms with Gasteiger partial charge in [0, 0.05) is 6.42 Å². The third kappa shape index (κ3) is 7.88. The number of amides is 2. The maximum Gasteiger partial charge on any atom is 0.328 e. The molecule has 5 N–H and O–H groups in total. The molecule has 0 aromatic heterocycles. The van der Waals surface area contributed by atoms with Crippen LogP contribution in [0.5, 0.6) is 17.2 Å². The Labute approximate surface area is 260 Å². The number of aromatic hydroxyl groups is 1. The van der Waals surface area contributed by atoms with E-state index in [2.05, 4.69) is 42.5 Å². The van der Waals surface area contributed by atoms with E-state index in [-0.39, 0.29) is 37.6 Å². The van der Waals surface area contributed by atoms with Gasteiger partial charge in [-0.25, -0.2) is 4.79 Å². The second-order valence-corrected chi connectivity index (χ2v) is 11.6. The minimum Gasteiger partial charge on any atom is -0.504 e. The third-order valence-corrected chi connectivity index (χ3v) is 7.84. The smallest absolute Gasteiger partial charge is 0.328 e. The van der Waals surface area contributed by atoms with E-state index in [1.54, 1.807) is 31.2 Å². The van der Waals surface area contributed by atoms with Crippen molar-refractivity contribution in [2.75, 3.05) is 13.7 Å². The average molecular weight is 705 g/mol. The average Bonchev–Trinajstić information content (AvgIpc) is 2.96. The zero-order chi connectivity index (χ0) is 30.4. The maximum atomic E-state index is 13.5. The molecule has 2 amide bonds. The number of halogens is 2. The summed E-state index contributed by atoms with van der Waals surface area (Å²) in [7, 11) is 1.23. The van der Waals surface area contributed by atoms with Crippen molar-refractivity contribution in [3.8, 4) is 17.2 Å². The predicted octanol–water partition coefficient (Wildman–Crippen LogP) is 3.80. The Kier molecular flexibility index (Phi) is 10.6. The molecule has 222 valence electrons. The number of carbonyl (C=O) groups is 3. The minimum atomic E-state index is -1.16. The van der Waals surface area contributed by atoms with Crippen LogP contribution in [0.1, 0.15) is 22.3 Å². The van der Waals surface area contributed by atoms with Crippen molar-refractivity contribution >= 4 is 49.6 Å². The topological polar surface area (TPSA) is 149 Å². The van der Waals surface area contributed by atoms with Gasteiger partial charge in [0.15, 0.2) is 17.2 Å². The molecule has 12 heteroatoms. The van der Waals surface area contributed by atoms with Gasteiger partial charge in [-0.1, -0.05) is 36.4 Å². The molecule has 2 heterocycles. The molecule has 42 heavy (non-hydrogen) atoms. The van der Waals surface area contributed by atoms with Gasteiger partial charge in [0.05, 0.1) is 35.3 Å². The van der Waals surface area contributed by atoms with Gasteiger partial charge in [-0.3, -0.25) is 9.59 Å². The number of ether oxygens (including phenoxy) is 3. The highest BCUT2D eigenvalue weighted by Crippen LogP contribution is 2.42. The summed E-state index contributed by atoms with van der Waals surface area (Å²) in [6.45, 7) is 1.75. The van der Waals surface area contributed by atoms with Crippen LogP contribution < -0.4 is 21.1 Å². The fraction of sp³-hybridized carbons (Fsp3) is 0.300. The predicted molar refractivity (Wildman–Crippen MR) is 162 cm³/mol. The standard InChI is InChI=1S/C30H31Br2N3O7/c1-16-8-18-11-22(33)28(37)35-24(15-41-14-17-6-4-3-5-7-17)29(38)34-23(30(39)40-2)12-19-9-20(31)27(21(32)10-19)42-25(13-18)26(16)36/h3-10,13,22-24,36H,11-12,14-15,33H2,1-2H3,(H,34,38)(H,35,37)/t22-,23-,24-/m0/s1. The number of rotatable bonds is 5. The van der Waals surface area contributed by atoms with E-state index in [1.165, 1.54) is 7.11 Å². The molecular formula is C30H31Br2N3O7. The van der Waals surface area contributed by atoms with E-state index in [0.29, 0.717) is 31.4 Å². The van der Waals surface area contributed by atoms with E-state index in [4.69, 9.17) is 19.9 Å². The molecule has 0 saturated heterocycles. The fourth-order valence-corrected chi connectivity index (χ4v) is 5.92. The van der Waals surface area contributed by atoms with E-state index >= 15 is 0 Å². The summed E-state index contributed by atoms with van der Waals surface area (Å²) >= 11 is 7.02. The molecule has 0 unspecified atom stereocenters. The van der Waals surface area contributed by atoms with Crippen LogP contribution in [0.15, 0.2) is 63.5 Å². The number of methoxy groups -OCH3 is 1. The van der Waals surface area contributed by atoms with Gasteiger partial charge in [-0.15, -0.1) is 0 Å². The van der Waals surface area contributed by atoms with Crippen LogP contribution in [-0.4, -0.2) is 54.7 Å². The lowest BCUT2D eigenvalue weighted by atomic mass is 10.0. The number of nitrogens with two attached hydrogens (primary N) is 1. The highest BCUT2D eigenvalue weighted by Gasteiger charge is 2.30. The van der Waals surface area contributed by atoms with Gasteiger partial charge < -0.3 is 35.7 Å². The molecule has 3 atom stereocenters. The summed E-state index contributed by atoms with van der Waals surface area (Å²) in [5.74, 6) is -1.41. The molecule has 3 aromatic carbocycles. The zero-order valence-corrected chi connectivity index (χ0v) is 26.2. The number of aryl methyl sites for hydroxylation is 1. The molecule has 0 aliphatic carbocycles. The van der Waals surface area contributed by atoms with Gasteiger partial charge in [-0.05, 0) is 85.7 Å². The Balaban J connectivity index is 1.70. The van der Waals surface area contributed by atoms with Crippen molar-refractivity contribution < 1.29 is 33.7 Å². The lowest BCUT2D eigenvalue weighted by molar-refractivity contribution is -0.145. The summed E-state index contributed by atoms with van der Waals surface area (Å²) in [5.41, 5.74) is 8.99. The van der Waals surface area contributed by atoms with Crippen LogP contribution in [0.2, 0.25) is 0 Å². The highest BCUT2D eigenvalue weighted by molar-refractivity contribution is 9.11. The SMILES string of the molecule is COC(=O)[C@@H]1Cc2cc(Br)c(c(Br)c2)Oc2cc(cc(C)c2O)C[C@H](N)C(=O)N[C@@H](COCc2ccccc2)C(=O)N1. The fourth-order valence-electron chi connectivity index (χ4n) is 4.47. The van der Waals surface area contributed by atoms with Crippen molar-refractivity contribution in [1.29, 1.82) is 0 Å². The number of phenolic OH excluding ortho intramolecular Hbond substituents is 1. The molecule has 0 fully saturated rings. The minimum absolute atomic E-state index is 0.0613. The lowest BCUT2D eigenvalue weighted by Crippen LogP contribution is -2.56. The lowest BCUT2D eigenvalue weighted by Gasteiger charge is -2.24. The number of hydrogen-bond donors (Lipinski definition) is 4. The Hall–Kier alpha value is -3.45. The summed E-state index contributed by atoms with van der Waals surface area (Å²) in [6, 6.07) is 12.9. The first-order valence-electron chi connectivity index (χ1n) is 13.1. The van der Waals surface area contributed by atoms with E-state index < -0.39 is 35.9 Å². The number of benzene rings is 3. The Bertz CT molecular complexity index is 1450. The first-order valence-corrected chi connectivity index (χ1v) is 14.7. The zero-order valence-electron chi connectivity index (χ0n) is 23.0. The van der Waals surface area contributed by atoms with Gasteiger partial charge in [0.25, 0.3) is 0 Å². The Morgan fingerprint density at radius 3 is 2.36 bits per heavy atom. The van der Waals surface area contributed by atoms with Crippen molar-refractivity contribution in [2.24, 2.45) is 5.73 Å². The molecule has 2 aliphatic heterocycles. The molecule has 3 aromatic rings. The van der Waals surface area contributed by atoms with E-state index in [0.717, 1.165) is 5.56 Å². The van der Waals surface area contributed by atoms with Gasteiger partial charge in [0.1, 0.15) is 12.1 Å². The second-order valence-electron chi connectivity index (χ2n) is 9.91. The van der Waals surface area contributed by atoms with Crippen molar-refractivity contribution in [2.45, 2.75) is 44.5 Å². The third-order valence-electron chi connectivity index (χ3n) is 6.66. The number of nitrogens with one attached hydrogen (secondary N) is 2. The van der Waals surface area contributed by atoms with Gasteiger partial charge in [0.2, 0.25) is 11.8 Å². The maximum absolute atomic E-state index is 13.5. The highest BCUT2D eigenvalue weighted by atomic mass is 79.9. The molecule has 0 radical (unpaired) electrons. The largest absolute Gasteiger partial charge is 0.504 e. The molecule has 2 aliphatic rings. The Morgan fingerprint density at radius 1 is 1.02 bits per heavy atom. The van der Waals surface area contributed by atoms with Crippen LogP contribution in [-0.2, 0) is 43.3 Å². The molecule has 0 saturated carbocycles. The molecular weight excluding hydrogens is 674 g/mol. The summed E-state index contributed by atoms with van der Waals surface area (Å²) in [5, 5.41) is 16.1. The number of esters is 1. The van der Waals surface area contributed by atoms with Crippen LogP contribution in [0, 0.1) is 6.92 Å². The normalized spacial score (nSPS) is 19.3. The molecule has 10 nitrogen and oxygen atoms in total. The number of hydrogen-bond acceptors (Lipinski definition) is 8. The first kappa shape index (κ1) is 31.5. The Morgan fingerprint density at radius 2 is 1.69 bits per heavy atom. The molecule has 0 spiro atoms. The number of carbonyl (C=O) groups excluding carboxylic acids is 3. The van der Waals surface area contributed by atoms with Gasteiger partial charge >= 0.3 is 5.97 Å². The van der Waals surface area contributed by atoms with Crippen LogP contribution in [0.25, 0.3) is 0 Å². The van der Waals surface area contributed by atoms with Crippen LogP contribution in [0.3, 0.4) is 0 Å². The van der Waals surface area contributed by atoms with Crippen LogP contribution in [0.4, 0.5) is 0 Å².